The molecule has 0 aliphatic carbocycles. The third kappa shape index (κ3) is 7.41. The zero-order valence-corrected chi connectivity index (χ0v) is 22.8. The maximum Gasteiger partial charge on any atom is 0.258 e. The number of aromatic nitrogens is 3. The smallest absolute Gasteiger partial charge is 0.258 e. The van der Waals surface area contributed by atoms with E-state index in [9.17, 15) is 14.0 Å². The van der Waals surface area contributed by atoms with Gasteiger partial charge in [0.2, 0.25) is 5.91 Å². The van der Waals surface area contributed by atoms with E-state index in [-0.39, 0.29) is 29.6 Å². The van der Waals surface area contributed by atoms with Gasteiger partial charge < -0.3 is 20.1 Å². The lowest BCUT2D eigenvalue weighted by molar-refractivity contribution is -0.123. The highest BCUT2D eigenvalue weighted by molar-refractivity contribution is 7.99. The molecule has 0 aliphatic rings. The summed E-state index contributed by atoms with van der Waals surface area (Å²) in [5.74, 6) is -0.211. The second-order valence-corrected chi connectivity index (χ2v) is 9.65. The molecule has 0 aliphatic heterocycles. The monoisotopic (exact) mass is 589 g/mol. The molecule has 39 heavy (non-hydrogen) atoms. The standard InChI is InChI=1S/C26H22Cl2FN5O4S/c1-37-22-9-5-4-8-20(22)34-23(13-30-24(35)14-38-21-11-10-16(27)12-17(21)28)32-33-26(34)39-15-25(36)31-19-7-3-2-6-18(19)29/h2-12H,13-15H2,1H3,(H,30,35)(H,31,36). The van der Waals surface area contributed by atoms with E-state index >= 15 is 0 Å². The van der Waals surface area contributed by atoms with Crippen molar-refractivity contribution in [2.24, 2.45) is 0 Å². The van der Waals surface area contributed by atoms with E-state index in [4.69, 9.17) is 32.7 Å². The van der Waals surface area contributed by atoms with Crippen molar-refractivity contribution in [2.45, 2.75) is 11.7 Å². The topological polar surface area (TPSA) is 107 Å². The van der Waals surface area contributed by atoms with Gasteiger partial charge in [-0.2, -0.15) is 0 Å². The molecule has 202 valence electrons. The summed E-state index contributed by atoms with van der Waals surface area (Å²) in [5.41, 5.74) is 0.690. The fraction of sp³-hybridized carbons (Fsp3) is 0.154. The molecule has 0 fully saturated rings. The first-order valence-electron chi connectivity index (χ1n) is 11.4. The highest BCUT2D eigenvalue weighted by atomic mass is 35.5. The first-order valence-corrected chi connectivity index (χ1v) is 13.2. The number of ether oxygens (including phenoxy) is 2. The minimum Gasteiger partial charge on any atom is -0.495 e. The van der Waals surface area contributed by atoms with Crippen molar-refractivity contribution in [3.63, 3.8) is 0 Å². The Morgan fingerprint density at radius 2 is 1.77 bits per heavy atom. The van der Waals surface area contributed by atoms with Gasteiger partial charge in [-0.1, -0.05) is 59.2 Å². The van der Waals surface area contributed by atoms with Crippen molar-refractivity contribution >= 4 is 52.5 Å². The van der Waals surface area contributed by atoms with Crippen LogP contribution in [0.2, 0.25) is 10.0 Å². The second-order valence-electron chi connectivity index (χ2n) is 7.86. The fourth-order valence-electron chi connectivity index (χ4n) is 3.41. The number of hydrogen-bond donors (Lipinski definition) is 2. The lowest BCUT2D eigenvalue weighted by Gasteiger charge is -2.14. The molecule has 2 amide bonds. The van der Waals surface area contributed by atoms with Gasteiger partial charge in [-0.3, -0.25) is 14.2 Å². The Labute approximate surface area is 237 Å². The number of rotatable bonds is 11. The Hall–Kier alpha value is -3.80. The molecule has 4 aromatic rings. The number of hydrogen-bond acceptors (Lipinski definition) is 7. The van der Waals surface area contributed by atoms with Gasteiger partial charge in [-0.05, 0) is 42.5 Å². The molecule has 0 radical (unpaired) electrons. The predicted molar refractivity (Wildman–Crippen MR) is 147 cm³/mol. The quantitative estimate of drug-likeness (QED) is 0.233. The van der Waals surface area contributed by atoms with E-state index in [2.05, 4.69) is 20.8 Å². The molecule has 0 spiro atoms. The van der Waals surface area contributed by atoms with E-state index in [1.165, 1.54) is 31.4 Å². The molecule has 0 bridgehead atoms. The first-order chi connectivity index (χ1) is 18.9. The number of methoxy groups -OCH3 is 1. The highest BCUT2D eigenvalue weighted by Crippen LogP contribution is 2.29. The van der Waals surface area contributed by atoms with Crippen molar-refractivity contribution < 1.29 is 23.5 Å². The van der Waals surface area contributed by atoms with Crippen LogP contribution in [0.1, 0.15) is 5.82 Å². The number of carbonyl (C=O) groups excluding carboxylic acids is 2. The molecule has 3 aromatic carbocycles. The van der Waals surface area contributed by atoms with E-state index in [1.807, 2.05) is 12.1 Å². The summed E-state index contributed by atoms with van der Waals surface area (Å²) >= 11 is 13.1. The largest absolute Gasteiger partial charge is 0.495 e. The summed E-state index contributed by atoms with van der Waals surface area (Å²) in [6.45, 7) is -0.286. The van der Waals surface area contributed by atoms with Crippen molar-refractivity contribution in [1.82, 2.24) is 20.1 Å². The average molecular weight is 590 g/mol. The molecule has 1 aromatic heterocycles. The average Bonchev–Trinajstić information content (AvgIpc) is 3.34. The summed E-state index contributed by atoms with van der Waals surface area (Å²) in [7, 11) is 1.53. The molecule has 0 saturated carbocycles. The van der Waals surface area contributed by atoms with Crippen LogP contribution in [-0.2, 0) is 16.1 Å². The molecule has 13 heteroatoms. The minimum atomic E-state index is -0.534. The number of halogens is 3. The Balaban J connectivity index is 1.46. The van der Waals surface area contributed by atoms with Crippen LogP contribution in [0.5, 0.6) is 11.5 Å². The summed E-state index contributed by atoms with van der Waals surface area (Å²) in [6.07, 6.45) is 0. The summed E-state index contributed by atoms with van der Waals surface area (Å²) in [6, 6.07) is 17.8. The van der Waals surface area contributed by atoms with Gasteiger partial charge in [-0.25, -0.2) is 4.39 Å². The third-order valence-corrected chi connectivity index (χ3v) is 6.66. The number of para-hydroxylation sites is 3. The number of thioether (sulfide) groups is 1. The van der Waals surface area contributed by atoms with Gasteiger partial charge in [0.05, 0.1) is 35.8 Å². The normalized spacial score (nSPS) is 10.7. The highest BCUT2D eigenvalue weighted by Gasteiger charge is 2.19. The first kappa shape index (κ1) is 28.2. The Bertz CT molecular complexity index is 1490. The van der Waals surface area contributed by atoms with E-state index in [1.54, 1.807) is 34.9 Å². The lowest BCUT2D eigenvalue weighted by Crippen LogP contribution is -2.29. The lowest BCUT2D eigenvalue weighted by atomic mass is 10.3. The van der Waals surface area contributed by atoms with Crippen molar-refractivity contribution in [3.05, 3.63) is 88.4 Å². The Morgan fingerprint density at radius 1 is 1.00 bits per heavy atom. The molecule has 4 rings (SSSR count). The molecule has 1 heterocycles. The molecule has 0 saturated heterocycles. The number of amides is 2. The maximum absolute atomic E-state index is 13.9. The minimum absolute atomic E-state index is 0.00355. The van der Waals surface area contributed by atoms with Gasteiger partial charge in [0.1, 0.15) is 17.3 Å². The van der Waals surface area contributed by atoms with Crippen LogP contribution in [0.15, 0.2) is 71.9 Å². The number of nitrogens with zero attached hydrogens (tertiary/aromatic N) is 3. The summed E-state index contributed by atoms with van der Waals surface area (Å²) in [4.78, 5) is 25.0. The maximum atomic E-state index is 13.9. The van der Waals surface area contributed by atoms with Crippen LogP contribution < -0.4 is 20.1 Å². The molecular weight excluding hydrogens is 568 g/mol. The van der Waals surface area contributed by atoms with Crippen LogP contribution in [0.25, 0.3) is 5.69 Å². The van der Waals surface area contributed by atoms with Crippen LogP contribution in [0.4, 0.5) is 10.1 Å². The van der Waals surface area contributed by atoms with Crippen molar-refractivity contribution in [2.75, 3.05) is 24.8 Å². The summed E-state index contributed by atoms with van der Waals surface area (Å²) in [5, 5.41) is 14.8. The molecule has 2 N–H and O–H groups in total. The molecule has 0 atom stereocenters. The van der Waals surface area contributed by atoms with Crippen LogP contribution in [0.3, 0.4) is 0 Å². The van der Waals surface area contributed by atoms with E-state index in [0.29, 0.717) is 33.2 Å². The fourth-order valence-corrected chi connectivity index (χ4v) is 4.63. The number of benzene rings is 3. The number of anilines is 1. The van der Waals surface area contributed by atoms with Gasteiger partial charge in [0, 0.05) is 5.02 Å². The van der Waals surface area contributed by atoms with Crippen LogP contribution in [0, 0.1) is 5.82 Å². The molecule has 0 unspecified atom stereocenters. The second kappa shape index (κ2) is 13.3. The SMILES string of the molecule is COc1ccccc1-n1c(CNC(=O)COc2ccc(Cl)cc2Cl)nnc1SCC(=O)Nc1ccccc1F. The van der Waals surface area contributed by atoms with Gasteiger partial charge in [0.25, 0.3) is 5.91 Å². The zero-order valence-electron chi connectivity index (χ0n) is 20.5. The van der Waals surface area contributed by atoms with Gasteiger partial charge in [-0.15, -0.1) is 10.2 Å². The van der Waals surface area contributed by atoms with Crippen LogP contribution >= 0.6 is 35.0 Å². The zero-order chi connectivity index (χ0) is 27.8. The number of carbonyl (C=O) groups is 2. The van der Waals surface area contributed by atoms with E-state index in [0.717, 1.165) is 11.8 Å². The predicted octanol–water partition coefficient (Wildman–Crippen LogP) is 5.15. The molecular formula is C26H22Cl2FN5O4S. The Morgan fingerprint density at radius 3 is 2.54 bits per heavy atom. The van der Waals surface area contributed by atoms with Gasteiger partial charge >= 0.3 is 0 Å². The van der Waals surface area contributed by atoms with Crippen molar-refractivity contribution in [1.29, 1.82) is 0 Å². The molecule has 9 nitrogen and oxygen atoms in total. The van der Waals surface area contributed by atoms with Gasteiger partial charge in [0.15, 0.2) is 17.6 Å². The number of nitrogens with one attached hydrogen (secondary N) is 2. The van der Waals surface area contributed by atoms with Crippen molar-refractivity contribution in [3.8, 4) is 17.2 Å². The third-order valence-electron chi connectivity index (χ3n) is 5.20. The van der Waals surface area contributed by atoms with E-state index < -0.39 is 17.6 Å². The Kier molecular flexibility index (Phi) is 9.64. The van der Waals surface area contributed by atoms with Crippen LogP contribution in [-0.4, -0.2) is 46.0 Å². The summed E-state index contributed by atoms with van der Waals surface area (Å²) < 4.78 is 26.6.